The van der Waals surface area contributed by atoms with Crippen LogP contribution in [0.2, 0.25) is 0 Å². The van der Waals surface area contributed by atoms with Crippen LogP contribution in [0.15, 0.2) is 30.7 Å². The van der Waals surface area contributed by atoms with Crippen LogP contribution >= 0.6 is 0 Å². The molecule has 0 bridgehead atoms. The zero-order valence-corrected chi connectivity index (χ0v) is 11.7. The predicted molar refractivity (Wildman–Crippen MR) is 77.9 cm³/mol. The average molecular weight is 254 g/mol. The number of nitrogens with one attached hydrogen (secondary N) is 1. The first kappa shape index (κ1) is 13.2. The van der Waals surface area contributed by atoms with Gasteiger partial charge in [-0.25, -0.2) is 9.97 Å². The molecule has 0 spiro atoms. The Balaban J connectivity index is 0.000000637. The van der Waals surface area contributed by atoms with E-state index in [2.05, 4.69) is 32.3 Å². The molecule has 0 radical (unpaired) electrons. The van der Waals surface area contributed by atoms with Crippen molar-refractivity contribution < 1.29 is 0 Å². The van der Waals surface area contributed by atoms with Crippen LogP contribution < -0.4 is 0 Å². The lowest BCUT2D eigenvalue weighted by Gasteiger charge is -2.06. The second kappa shape index (κ2) is 5.61. The van der Waals surface area contributed by atoms with Gasteiger partial charge in [0.25, 0.3) is 0 Å². The third kappa shape index (κ3) is 2.47. The highest BCUT2D eigenvalue weighted by Crippen LogP contribution is 2.24. The van der Waals surface area contributed by atoms with Crippen molar-refractivity contribution in [1.82, 2.24) is 20.2 Å². The monoisotopic (exact) mass is 254 g/mol. The number of fused-ring (bicyclic) bond motifs is 1. The first-order valence-electron chi connectivity index (χ1n) is 6.47. The second-order valence-corrected chi connectivity index (χ2v) is 4.10. The molecule has 3 aromatic rings. The first-order valence-corrected chi connectivity index (χ1v) is 6.47. The van der Waals surface area contributed by atoms with Gasteiger partial charge in [0.05, 0.1) is 17.4 Å². The van der Waals surface area contributed by atoms with E-state index in [1.807, 2.05) is 40.0 Å². The topological polar surface area (TPSA) is 54.5 Å². The fourth-order valence-corrected chi connectivity index (χ4v) is 1.91. The molecule has 0 aliphatic heterocycles. The Kier molecular flexibility index (Phi) is 3.90. The van der Waals surface area contributed by atoms with Crippen molar-refractivity contribution in [2.24, 2.45) is 0 Å². The normalized spacial score (nSPS) is 10.1. The van der Waals surface area contributed by atoms with Crippen LogP contribution in [0.25, 0.3) is 22.2 Å². The van der Waals surface area contributed by atoms with E-state index in [9.17, 15) is 0 Å². The van der Waals surface area contributed by atoms with Gasteiger partial charge in [-0.3, -0.25) is 5.10 Å². The summed E-state index contributed by atoms with van der Waals surface area (Å²) in [6.45, 7) is 8.04. The fraction of sp³-hybridized carbons (Fsp3) is 0.267. The number of aromatic amines is 1. The molecular formula is C15H18N4. The third-order valence-corrected chi connectivity index (χ3v) is 3.05. The molecule has 0 unspecified atom stereocenters. The molecule has 4 heteroatoms. The Morgan fingerprint density at radius 3 is 2.63 bits per heavy atom. The summed E-state index contributed by atoms with van der Waals surface area (Å²) >= 11 is 0. The summed E-state index contributed by atoms with van der Waals surface area (Å²) in [5.74, 6) is 0. The fourth-order valence-electron chi connectivity index (χ4n) is 1.91. The van der Waals surface area contributed by atoms with Crippen molar-refractivity contribution in [2.75, 3.05) is 0 Å². The molecule has 3 rings (SSSR count). The van der Waals surface area contributed by atoms with Crippen molar-refractivity contribution >= 4 is 10.9 Å². The van der Waals surface area contributed by atoms with E-state index < -0.39 is 0 Å². The molecule has 19 heavy (non-hydrogen) atoms. The highest BCUT2D eigenvalue weighted by molar-refractivity contribution is 5.83. The van der Waals surface area contributed by atoms with Gasteiger partial charge >= 0.3 is 0 Å². The van der Waals surface area contributed by atoms with Crippen molar-refractivity contribution in [3.05, 3.63) is 42.0 Å². The van der Waals surface area contributed by atoms with Crippen LogP contribution in [0, 0.1) is 13.8 Å². The number of H-pyrrole nitrogens is 1. The minimum Gasteiger partial charge on any atom is -0.278 e. The Labute approximate surface area is 112 Å². The highest BCUT2D eigenvalue weighted by atomic mass is 15.1. The molecule has 1 N–H and O–H groups in total. The van der Waals surface area contributed by atoms with Crippen molar-refractivity contribution in [1.29, 1.82) is 0 Å². The van der Waals surface area contributed by atoms with Gasteiger partial charge in [0.2, 0.25) is 0 Å². The molecule has 0 saturated heterocycles. The Morgan fingerprint density at radius 1 is 1.05 bits per heavy atom. The number of nitrogens with zero attached hydrogens (tertiary/aromatic N) is 3. The van der Waals surface area contributed by atoms with Gasteiger partial charge in [-0.15, -0.1) is 0 Å². The summed E-state index contributed by atoms with van der Waals surface area (Å²) in [5, 5.41) is 8.10. The van der Waals surface area contributed by atoms with Crippen LogP contribution in [-0.4, -0.2) is 20.2 Å². The van der Waals surface area contributed by atoms with E-state index in [4.69, 9.17) is 0 Å². The molecule has 98 valence electrons. The minimum atomic E-state index is 0.981. The van der Waals surface area contributed by atoms with E-state index in [1.54, 1.807) is 6.33 Å². The zero-order valence-electron chi connectivity index (χ0n) is 11.7. The van der Waals surface area contributed by atoms with Crippen LogP contribution in [0.5, 0.6) is 0 Å². The average Bonchev–Trinajstić information content (AvgIpc) is 2.91. The summed E-state index contributed by atoms with van der Waals surface area (Å²) in [6, 6.07) is 6.18. The lowest BCUT2D eigenvalue weighted by atomic mass is 10.0. The molecule has 1 aromatic carbocycles. The molecule has 2 heterocycles. The molecule has 2 aromatic heterocycles. The number of benzene rings is 1. The molecule has 0 amide bonds. The predicted octanol–water partition coefficient (Wildman–Crippen LogP) is 3.66. The lowest BCUT2D eigenvalue weighted by Crippen LogP contribution is -1.94. The van der Waals surface area contributed by atoms with E-state index >= 15 is 0 Å². The molecular weight excluding hydrogens is 236 g/mol. The van der Waals surface area contributed by atoms with Crippen LogP contribution in [0.3, 0.4) is 0 Å². The quantitative estimate of drug-likeness (QED) is 0.721. The van der Waals surface area contributed by atoms with Gasteiger partial charge in [0, 0.05) is 16.6 Å². The number of hydrogen-bond donors (Lipinski definition) is 1. The maximum Gasteiger partial charge on any atom is 0.116 e. The highest BCUT2D eigenvalue weighted by Gasteiger charge is 2.07. The maximum atomic E-state index is 4.36. The Hall–Kier alpha value is -2.23. The lowest BCUT2D eigenvalue weighted by molar-refractivity contribution is 1.07. The zero-order chi connectivity index (χ0) is 13.8. The van der Waals surface area contributed by atoms with Crippen LogP contribution in [0.1, 0.15) is 25.1 Å². The largest absolute Gasteiger partial charge is 0.278 e. The smallest absolute Gasteiger partial charge is 0.116 e. The SMILES string of the molecule is CC.Cc1ncnc(-c2ccc3cn[nH]c3c2)c1C. The summed E-state index contributed by atoms with van der Waals surface area (Å²) in [7, 11) is 0. The molecule has 0 aliphatic rings. The van der Waals surface area contributed by atoms with Gasteiger partial charge in [-0.2, -0.15) is 5.10 Å². The number of aromatic nitrogens is 4. The molecule has 0 aliphatic carbocycles. The van der Waals surface area contributed by atoms with Crippen molar-refractivity contribution in [3.8, 4) is 11.3 Å². The number of rotatable bonds is 1. The van der Waals surface area contributed by atoms with E-state index in [-0.39, 0.29) is 0 Å². The Bertz CT molecular complexity index is 685. The standard InChI is InChI=1S/C13H12N4.C2H6/c1-8-9(2)14-7-15-13(8)10-3-4-11-6-16-17-12(11)5-10;1-2/h3-7H,1-2H3,(H,16,17);1-2H3. The minimum absolute atomic E-state index is 0.981. The van der Waals surface area contributed by atoms with Gasteiger partial charge in [0.1, 0.15) is 6.33 Å². The van der Waals surface area contributed by atoms with Crippen molar-refractivity contribution in [2.45, 2.75) is 27.7 Å². The van der Waals surface area contributed by atoms with E-state index in [1.165, 1.54) is 0 Å². The summed E-state index contributed by atoms with van der Waals surface area (Å²) in [6.07, 6.45) is 3.42. The molecule has 0 fully saturated rings. The molecule has 0 saturated carbocycles. The maximum absolute atomic E-state index is 4.36. The van der Waals surface area contributed by atoms with Gasteiger partial charge in [0.15, 0.2) is 0 Å². The summed E-state index contributed by atoms with van der Waals surface area (Å²) in [4.78, 5) is 8.54. The second-order valence-electron chi connectivity index (χ2n) is 4.10. The van der Waals surface area contributed by atoms with Gasteiger partial charge < -0.3 is 0 Å². The summed E-state index contributed by atoms with van der Waals surface area (Å²) in [5.41, 5.74) is 5.22. The third-order valence-electron chi connectivity index (χ3n) is 3.05. The Morgan fingerprint density at radius 2 is 1.84 bits per heavy atom. The molecule has 0 atom stereocenters. The van der Waals surface area contributed by atoms with Gasteiger partial charge in [-0.05, 0) is 25.5 Å². The van der Waals surface area contributed by atoms with Crippen LogP contribution in [0.4, 0.5) is 0 Å². The van der Waals surface area contributed by atoms with E-state index in [0.717, 1.165) is 33.4 Å². The van der Waals surface area contributed by atoms with Crippen LogP contribution in [-0.2, 0) is 0 Å². The van der Waals surface area contributed by atoms with Crippen molar-refractivity contribution in [3.63, 3.8) is 0 Å². The first-order chi connectivity index (χ1) is 9.25. The van der Waals surface area contributed by atoms with Gasteiger partial charge in [-0.1, -0.05) is 26.0 Å². The number of aryl methyl sites for hydroxylation is 1. The summed E-state index contributed by atoms with van der Waals surface area (Å²) < 4.78 is 0. The molecule has 4 nitrogen and oxygen atoms in total. The van der Waals surface area contributed by atoms with E-state index in [0.29, 0.717) is 0 Å². The number of hydrogen-bond acceptors (Lipinski definition) is 3.